The Hall–Kier alpha value is -2.67. The minimum Gasteiger partial charge on any atom is -0.337 e. The molecule has 26 heavy (non-hydrogen) atoms. The number of benzene rings is 1. The number of aryl methyl sites for hydroxylation is 1. The second-order valence-corrected chi connectivity index (χ2v) is 7.71. The third-order valence-corrected chi connectivity index (χ3v) is 6.28. The summed E-state index contributed by atoms with van der Waals surface area (Å²) >= 11 is 1.21. The number of aromatic nitrogens is 2. The molecule has 1 saturated heterocycles. The number of amides is 1. The second kappa shape index (κ2) is 6.25. The van der Waals surface area contributed by atoms with Crippen LogP contribution in [0.2, 0.25) is 0 Å². The minimum atomic E-state index is -0.381. The first kappa shape index (κ1) is 16.8. The van der Waals surface area contributed by atoms with Crippen LogP contribution in [0.5, 0.6) is 0 Å². The van der Waals surface area contributed by atoms with Crippen LogP contribution in [-0.4, -0.2) is 33.0 Å². The number of hydrogen-bond donors (Lipinski definition) is 0. The molecule has 3 aromatic rings. The molecule has 1 atom stereocenters. The predicted octanol–water partition coefficient (Wildman–Crippen LogP) is 1.93. The number of carbonyl (C=O) groups is 1. The van der Waals surface area contributed by atoms with Crippen LogP contribution >= 0.6 is 11.3 Å². The maximum atomic E-state index is 12.9. The summed E-state index contributed by atoms with van der Waals surface area (Å²) in [7, 11) is 3.07. The van der Waals surface area contributed by atoms with Crippen LogP contribution < -0.4 is 11.2 Å². The number of hydrogen-bond acceptors (Lipinski definition) is 4. The third kappa shape index (κ3) is 2.59. The predicted molar refractivity (Wildman–Crippen MR) is 102 cm³/mol. The molecule has 4 rings (SSSR count). The molecule has 7 heteroatoms. The van der Waals surface area contributed by atoms with Gasteiger partial charge in [0.25, 0.3) is 11.5 Å². The lowest BCUT2D eigenvalue weighted by atomic mass is 9.99. The van der Waals surface area contributed by atoms with Gasteiger partial charge >= 0.3 is 5.69 Å². The average Bonchev–Trinajstić information content (AvgIpc) is 3.32. The second-order valence-electron chi connectivity index (χ2n) is 6.68. The van der Waals surface area contributed by atoms with Crippen molar-refractivity contribution in [3.8, 4) is 0 Å². The Labute approximate surface area is 153 Å². The summed E-state index contributed by atoms with van der Waals surface area (Å²) in [5.74, 6) is 0.269. The van der Waals surface area contributed by atoms with Crippen molar-refractivity contribution in [2.75, 3.05) is 13.1 Å². The van der Waals surface area contributed by atoms with E-state index in [1.165, 1.54) is 28.5 Å². The molecule has 0 aliphatic carbocycles. The molecule has 0 bridgehead atoms. The molecule has 1 amide bonds. The smallest absolute Gasteiger partial charge is 0.331 e. The first-order valence-corrected chi connectivity index (χ1v) is 9.33. The van der Waals surface area contributed by atoms with Crippen molar-refractivity contribution in [1.29, 1.82) is 0 Å². The topological polar surface area (TPSA) is 64.3 Å². The number of nitrogens with zero attached hydrogens (tertiary/aromatic N) is 3. The van der Waals surface area contributed by atoms with Crippen LogP contribution in [0.1, 0.15) is 27.6 Å². The largest absolute Gasteiger partial charge is 0.337 e. The molecule has 1 aliphatic rings. The minimum absolute atomic E-state index is 0.0702. The highest BCUT2D eigenvalue weighted by Gasteiger charge is 2.29. The maximum Gasteiger partial charge on any atom is 0.331 e. The molecule has 0 spiro atoms. The van der Waals surface area contributed by atoms with Crippen molar-refractivity contribution in [1.82, 2.24) is 14.0 Å². The molecule has 1 fully saturated rings. The van der Waals surface area contributed by atoms with Gasteiger partial charge < -0.3 is 4.90 Å². The first-order chi connectivity index (χ1) is 12.5. The first-order valence-electron chi connectivity index (χ1n) is 8.51. The van der Waals surface area contributed by atoms with E-state index in [1.54, 1.807) is 13.1 Å². The van der Waals surface area contributed by atoms with Crippen LogP contribution in [-0.2, 0) is 14.1 Å². The Morgan fingerprint density at radius 1 is 1.12 bits per heavy atom. The van der Waals surface area contributed by atoms with Crippen LogP contribution in [0, 0.1) is 0 Å². The molecule has 0 unspecified atom stereocenters. The molecule has 0 N–H and O–H groups in total. The van der Waals surface area contributed by atoms with E-state index in [1.807, 2.05) is 23.1 Å². The Bertz CT molecular complexity index is 1110. The molecular formula is C19H19N3O3S. The monoisotopic (exact) mass is 369 g/mol. The van der Waals surface area contributed by atoms with Crippen molar-refractivity contribution >= 4 is 27.5 Å². The summed E-state index contributed by atoms with van der Waals surface area (Å²) in [6.45, 7) is 1.37. The van der Waals surface area contributed by atoms with Crippen LogP contribution in [0.4, 0.5) is 0 Å². The lowest BCUT2D eigenvalue weighted by Crippen LogP contribution is -2.36. The summed E-state index contributed by atoms with van der Waals surface area (Å²) in [5, 5.41) is 0.418. The summed E-state index contributed by atoms with van der Waals surface area (Å²) in [6.07, 6.45) is 0.931. The van der Waals surface area contributed by atoms with E-state index >= 15 is 0 Å². The molecular weight excluding hydrogens is 350 g/mol. The van der Waals surface area contributed by atoms with E-state index < -0.39 is 0 Å². The molecule has 1 aromatic carbocycles. The van der Waals surface area contributed by atoms with E-state index in [2.05, 4.69) is 12.1 Å². The Morgan fingerprint density at radius 2 is 1.85 bits per heavy atom. The summed E-state index contributed by atoms with van der Waals surface area (Å²) < 4.78 is 2.50. The summed E-state index contributed by atoms with van der Waals surface area (Å²) in [4.78, 5) is 40.2. The Kier molecular flexibility index (Phi) is 4.03. The zero-order valence-electron chi connectivity index (χ0n) is 14.6. The van der Waals surface area contributed by atoms with Gasteiger partial charge in [-0.2, -0.15) is 0 Å². The van der Waals surface area contributed by atoms with E-state index in [9.17, 15) is 14.4 Å². The zero-order valence-corrected chi connectivity index (χ0v) is 15.5. The quantitative estimate of drug-likeness (QED) is 0.693. The van der Waals surface area contributed by atoms with Gasteiger partial charge in [0.1, 0.15) is 4.83 Å². The average molecular weight is 369 g/mol. The highest BCUT2D eigenvalue weighted by atomic mass is 32.1. The van der Waals surface area contributed by atoms with Gasteiger partial charge in [0, 0.05) is 33.1 Å². The number of rotatable bonds is 2. The van der Waals surface area contributed by atoms with Gasteiger partial charge in [0.15, 0.2) is 0 Å². The summed E-state index contributed by atoms with van der Waals surface area (Å²) in [6, 6.07) is 11.8. The van der Waals surface area contributed by atoms with E-state index in [4.69, 9.17) is 0 Å². The van der Waals surface area contributed by atoms with Gasteiger partial charge in [-0.3, -0.25) is 18.7 Å². The van der Waals surface area contributed by atoms with Crippen molar-refractivity contribution < 1.29 is 4.79 Å². The zero-order chi connectivity index (χ0) is 18.4. The van der Waals surface area contributed by atoms with Crippen molar-refractivity contribution in [2.45, 2.75) is 12.3 Å². The van der Waals surface area contributed by atoms with Crippen molar-refractivity contribution in [3.63, 3.8) is 0 Å². The number of likely N-dealkylation sites (tertiary alicyclic amines) is 1. The lowest BCUT2D eigenvalue weighted by Gasteiger charge is -2.15. The van der Waals surface area contributed by atoms with E-state index in [-0.39, 0.29) is 17.2 Å². The molecule has 2 aromatic heterocycles. The normalized spacial score (nSPS) is 17.2. The van der Waals surface area contributed by atoms with Crippen molar-refractivity contribution in [2.24, 2.45) is 14.1 Å². The molecule has 1 aliphatic heterocycles. The molecule has 3 heterocycles. The molecule has 0 radical (unpaired) electrons. The molecule has 6 nitrogen and oxygen atoms in total. The fourth-order valence-electron chi connectivity index (χ4n) is 3.57. The van der Waals surface area contributed by atoms with E-state index in [0.29, 0.717) is 34.1 Å². The fraction of sp³-hybridized carbons (Fsp3) is 0.316. The van der Waals surface area contributed by atoms with Crippen LogP contribution in [0.3, 0.4) is 0 Å². The van der Waals surface area contributed by atoms with Crippen molar-refractivity contribution in [3.05, 3.63) is 67.7 Å². The third-order valence-electron chi connectivity index (χ3n) is 5.08. The Morgan fingerprint density at radius 3 is 2.58 bits per heavy atom. The molecule has 134 valence electrons. The van der Waals surface area contributed by atoms with Gasteiger partial charge in [-0.05, 0) is 18.1 Å². The molecule has 0 saturated carbocycles. The SMILES string of the molecule is Cn1c(=O)c2cc(C(=O)N3CC[C@H](c4ccccc4)C3)sc2n(C)c1=O. The van der Waals surface area contributed by atoms with Gasteiger partial charge in [-0.15, -0.1) is 11.3 Å². The van der Waals surface area contributed by atoms with Gasteiger partial charge in [-0.25, -0.2) is 4.79 Å². The number of thiophene rings is 1. The van der Waals surface area contributed by atoms with Gasteiger partial charge in [0.05, 0.1) is 10.3 Å². The van der Waals surface area contributed by atoms with Crippen LogP contribution in [0.25, 0.3) is 10.2 Å². The van der Waals surface area contributed by atoms with Crippen LogP contribution in [0.15, 0.2) is 46.0 Å². The Balaban J connectivity index is 1.65. The fourth-order valence-corrected chi connectivity index (χ4v) is 4.64. The number of carbonyl (C=O) groups excluding carboxylic acids is 1. The number of fused-ring (bicyclic) bond motifs is 1. The highest BCUT2D eigenvalue weighted by molar-refractivity contribution is 7.20. The summed E-state index contributed by atoms with van der Waals surface area (Å²) in [5.41, 5.74) is 0.506. The van der Waals surface area contributed by atoms with E-state index in [0.717, 1.165) is 11.0 Å². The maximum absolute atomic E-state index is 12.9. The van der Waals surface area contributed by atoms with Gasteiger partial charge in [0.2, 0.25) is 0 Å². The van der Waals surface area contributed by atoms with Gasteiger partial charge in [-0.1, -0.05) is 30.3 Å². The highest BCUT2D eigenvalue weighted by Crippen LogP contribution is 2.30. The standard InChI is InChI=1S/C19H19N3O3S/c1-20-16(23)14-10-15(26-18(14)21(2)19(20)25)17(24)22-9-8-13(11-22)12-6-4-3-5-7-12/h3-7,10,13H,8-9,11H2,1-2H3/t13-/m0/s1. The lowest BCUT2D eigenvalue weighted by molar-refractivity contribution is 0.0795.